The summed E-state index contributed by atoms with van der Waals surface area (Å²) in [6.07, 6.45) is 0.212. The Morgan fingerprint density at radius 2 is 1.55 bits per heavy atom. The van der Waals surface area contributed by atoms with Gasteiger partial charge in [0.2, 0.25) is 5.75 Å². The molecule has 0 bridgehead atoms. The van der Waals surface area contributed by atoms with E-state index >= 15 is 0 Å². The molecule has 8 nitrogen and oxygen atoms in total. The molecule has 0 saturated heterocycles. The predicted octanol–water partition coefficient (Wildman–Crippen LogP) is 3.25. The van der Waals surface area contributed by atoms with Gasteiger partial charge in [-0.3, -0.25) is 0 Å². The van der Waals surface area contributed by atoms with E-state index < -0.39 is 12.1 Å². The number of esters is 1. The summed E-state index contributed by atoms with van der Waals surface area (Å²) in [5, 5.41) is 3.48. The first-order valence-electron chi connectivity index (χ1n) is 9.60. The van der Waals surface area contributed by atoms with E-state index in [1.165, 1.54) is 14.2 Å². The number of hydrogen-bond acceptors (Lipinski definition) is 8. The van der Waals surface area contributed by atoms with Crippen LogP contribution in [0.5, 0.6) is 28.7 Å². The summed E-state index contributed by atoms with van der Waals surface area (Å²) >= 11 is 0. The lowest BCUT2D eigenvalue weighted by molar-refractivity contribution is 0.0284. The molecule has 0 amide bonds. The molecular weight excluding hydrogens is 426 g/mol. The zero-order chi connectivity index (χ0) is 21.4. The minimum atomic E-state index is -0.533. The fourth-order valence-electron chi connectivity index (χ4n) is 4.38. The van der Waals surface area contributed by atoms with E-state index in [2.05, 4.69) is 5.32 Å². The van der Waals surface area contributed by atoms with Crippen LogP contribution < -0.4 is 29.0 Å². The van der Waals surface area contributed by atoms with Gasteiger partial charge in [-0.1, -0.05) is 6.07 Å². The summed E-state index contributed by atoms with van der Waals surface area (Å²) in [6.45, 7) is 0.695. The average molecular weight is 452 g/mol. The van der Waals surface area contributed by atoms with Gasteiger partial charge in [-0.2, -0.15) is 0 Å². The Morgan fingerprint density at radius 1 is 0.871 bits per heavy atom. The van der Waals surface area contributed by atoms with Crippen molar-refractivity contribution in [2.24, 2.45) is 0 Å². The number of ether oxygens (including phenoxy) is 6. The fourth-order valence-corrected chi connectivity index (χ4v) is 4.38. The first-order chi connectivity index (χ1) is 14.6. The van der Waals surface area contributed by atoms with Crippen LogP contribution in [0.2, 0.25) is 0 Å². The summed E-state index contributed by atoms with van der Waals surface area (Å²) in [7, 11) is 7.81. The van der Waals surface area contributed by atoms with Crippen molar-refractivity contribution in [2.45, 2.75) is 18.6 Å². The molecule has 2 aliphatic rings. The van der Waals surface area contributed by atoms with Gasteiger partial charge in [0, 0.05) is 17.7 Å². The van der Waals surface area contributed by atoms with E-state index in [1.54, 1.807) is 27.4 Å². The molecule has 0 fully saturated rings. The van der Waals surface area contributed by atoms with Crippen LogP contribution in [0.4, 0.5) is 0 Å². The standard InChI is InChI=1S/C22H25NO7.ClH/c1-25-14-7-6-12-16(20(14)28-4)22(24)30-18(12)17-13-10-15(26-2)21(29-5)19(27-3)11(13)8-9-23-17;/h6-7,10,17-18,23H,8-9H2,1-5H3;1H. The van der Waals surface area contributed by atoms with Gasteiger partial charge in [0.25, 0.3) is 0 Å². The number of rotatable bonds is 6. The molecule has 2 aromatic rings. The molecule has 0 aliphatic carbocycles. The lowest BCUT2D eigenvalue weighted by atomic mass is 9.86. The third-order valence-electron chi connectivity index (χ3n) is 5.67. The topological polar surface area (TPSA) is 84.5 Å². The van der Waals surface area contributed by atoms with Crippen molar-refractivity contribution >= 4 is 18.4 Å². The Hall–Kier alpha value is -2.84. The van der Waals surface area contributed by atoms with E-state index in [-0.39, 0.29) is 18.4 Å². The summed E-state index contributed by atoms with van der Waals surface area (Å²) in [6, 6.07) is 5.26. The Labute approximate surface area is 187 Å². The van der Waals surface area contributed by atoms with Crippen LogP contribution in [0.15, 0.2) is 18.2 Å². The van der Waals surface area contributed by atoms with Crippen LogP contribution in [-0.4, -0.2) is 48.1 Å². The third kappa shape index (κ3) is 3.49. The van der Waals surface area contributed by atoms with Gasteiger partial charge in [-0.25, -0.2) is 4.79 Å². The second kappa shape index (κ2) is 9.11. The van der Waals surface area contributed by atoms with Crippen LogP contribution in [0, 0.1) is 0 Å². The largest absolute Gasteiger partial charge is 0.493 e. The molecule has 9 heteroatoms. The minimum Gasteiger partial charge on any atom is -0.493 e. The van der Waals surface area contributed by atoms with Gasteiger partial charge in [-0.15, -0.1) is 12.4 Å². The minimum absolute atomic E-state index is 0. The first kappa shape index (κ1) is 22.8. The Morgan fingerprint density at radius 3 is 2.16 bits per heavy atom. The van der Waals surface area contributed by atoms with Gasteiger partial charge in [0.05, 0.1) is 41.6 Å². The fraction of sp³-hybridized carbons (Fsp3) is 0.409. The molecule has 2 aliphatic heterocycles. The molecule has 2 unspecified atom stereocenters. The van der Waals surface area contributed by atoms with Crippen molar-refractivity contribution in [3.63, 3.8) is 0 Å². The summed E-state index contributed by atoms with van der Waals surface area (Å²) in [5.74, 6) is 2.16. The Bertz CT molecular complexity index is 995. The van der Waals surface area contributed by atoms with Gasteiger partial charge in [0.1, 0.15) is 11.7 Å². The molecule has 4 rings (SSSR count). The van der Waals surface area contributed by atoms with Crippen LogP contribution >= 0.6 is 12.4 Å². The highest BCUT2D eigenvalue weighted by molar-refractivity contribution is 5.98. The average Bonchev–Trinajstić information content (AvgIpc) is 3.12. The number of cyclic esters (lactones) is 1. The molecule has 0 radical (unpaired) electrons. The van der Waals surface area contributed by atoms with E-state index in [0.29, 0.717) is 40.9 Å². The highest BCUT2D eigenvalue weighted by atomic mass is 35.5. The molecule has 1 N–H and O–H groups in total. The van der Waals surface area contributed by atoms with Gasteiger partial charge in [-0.05, 0) is 24.1 Å². The third-order valence-corrected chi connectivity index (χ3v) is 5.67. The van der Waals surface area contributed by atoms with Crippen molar-refractivity contribution in [1.29, 1.82) is 0 Å². The number of methoxy groups -OCH3 is 5. The summed E-state index contributed by atoms with van der Waals surface area (Å²) < 4.78 is 33.3. The molecule has 0 aromatic heterocycles. The van der Waals surface area contributed by atoms with E-state index in [9.17, 15) is 4.79 Å². The zero-order valence-electron chi connectivity index (χ0n) is 18.1. The maximum absolute atomic E-state index is 12.8. The van der Waals surface area contributed by atoms with E-state index in [0.717, 1.165) is 23.1 Å². The molecule has 0 spiro atoms. The monoisotopic (exact) mass is 451 g/mol. The highest BCUT2D eigenvalue weighted by Crippen LogP contribution is 2.51. The molecular formula is C22H26ClNO7. The number of carbonyl (C=O) groups is 1. The summed E-state index contributed by atoms with van der Waals surface area (Å²) in [4.78, 5) is 12.8. The van der Waals surface area contributed by atoms with Gasteiger partial charge in [0.15, 0.2) is 23.0 Å². The van der Waals surface area contributed by atoms with E-state index in [4.69, 9.17) is 28.4 Å². The number of hydrogen-bond donors (Lipinski definition) is 1. The first-order valence-corrected chi connectivity index (χ1v) is 9.60. The quantitative estimate of drug-likeness (QED) is 0.670. The number of carbonyl (C=O) groups excluding carboxylic acids is 1. The van der Waals surface area contributed by atoms with Crippen molar-refractivity contribution in [3.8, 4) is 28.7 Å². The maximum atomic E-state index is 12.8. The number of nitrogens with one attached hydrogen (secondary N) is 1. The Kier molecular flexibility index (Phi) is 6.71. The Balaban J connectivity index is 0.00000272. The maximum Gasteiger partial charge on any atom is 0.343 e. The molecule has 2 atom stereocenters. The van der Waals surface area contributed by atoms with Crippen molar-refractivity contribution < 1.29 is 33.2 Å². The second-order valence-electron chi connectivity index (χ2n) is 6.99. The number of fused-ring (bicyclic) bond motifs is 2. The van der Waals surface area contributed by atoms with Crippen LogP contribution in [0.3, 0.4) is 0 Å². The van der Waals surface area contributed by atoms with Crippen LogP contribution in [0.25, 0.3) is 0 Å². The summed E-state index contributed by atoms with van der Waals surface area (Å²) in [5.41, 5.74) is 3.08. The highest BCUT2D eigenvalue weighted by Gasteiger charge is 2.43. The van der Waals surface area contributed by atoms with Crippen molar-refractivity contribution in [1.82, 2.24) is 5.32 Å². The zero-order valence-corrected chi connectivity index (χ0v) is 18.9. The number of benzene rings is 2. The van der Waals surface area contributed by atoms with Gasteiger partial charge >= 0.3 is 5.97 Å². The van der Waals surface area contributed by atoms with Crippen molar-refractivity contribution in [2.75, 3.05) is 42.1 Å². The molecule has 168 valence electrons. The molecule has 2 aromatic carbocycles. The van der Waals surface area contributed by atoms with Crippen molar-refractivity contribution in [3.05, 3.63) is 40.5 Å². The number of halogens is 1. The molecule has 2 heterocycles. The normalized spacial score (nSPS) is 18.8. The molecule has 0 saturated carbocycles. The predicted molar refractivity (Wildman–Crippen MR) is 115 cm³/mol. The lowest BCUT2D eigenvalue weighted by Gasteiger charge is -2.32. The SMILES string of the molecule is COc1cc2c(c(OC)c1OC)CCNC2C1OC(=O)c2c1ccc(OC)c2OC.Cl. The smallest absolute Gasteiger partial charge is 0.343 e. The van der Waals surface area contributed by atoms with Crippen LogP contribution in [0.1, 0.15) is 39.2 Å². The second-order valence-corrected chi connectivity index (χ2v) is 6.99. The molecule has 31 heavy (non-hydrogen) atoms. The van der Waals surface area contributed by atoms with Crippen LogP contribution in [-0.2, 0) is 11.2 Å². The van der Waals surface area contributed by atoms with Gasteiger partial charge < -0.3 is 33.7 Å². The van der Waals surface area contributed by atoms with E-state index in [1.807, 2.05) is 12.1 Å². The lowest BCUT2D eigenvalue weighted by Crippen LogP contribution is -2.34.